The van der Waals surface area contributed by atoms with Gasteiger partial charge in [-0.2, -0.15) is 13.2 Å². The Labute approximate surface area is 202 Å². The van der Waals surface area contributed by atoms with Crippen LogP contribution in [0, 0.1) is 6.92 Å². The van der Waals surface area contributed by atoms with Crippen molar-refractivity contribution in [3.63, 3.8) is 0 Å². The molecule has 1 aromatic carbocycles. The van der Waals surface area contributed by atoms with Crippen LogP contribution in [-0.4, -0.2) is 60.0 Å². The zero-order chi connectivity index (χ0) is 25.8. The van der Waals surface area contributed by atoms with Gasteiger partial charge in [0, 0.05) is 43.3 Å². The molecule has 0 saturated heterocycles. The van der Waals surface area contributed by atoms with Gasteiger partial charge in [-0.1, -0.05) is 6.07 Å². The number of carbonyl (C=O) groups excluding carboxylic acids is 1. The summed E-state index contributed by atoms with van der Waals surface area (Å²) in [6, 6.07) is 5.90. The van der Waals surface area contributed by atoms with Crippen molar-refractivity contribution < 1.29 is 18.0 Å². The maximum Gasteiger partial charge on any atom is 0.417 e. The summed E-state index contributed by atoms with van der Waals surface area (Å²) in [5, 5.41) is 2.62. The number of pyridine rings is 1. The smallest absolute Gasteiger partial charge is 0.368 e. The number of nitrogen functional groups attached to an aromatic ring is 1. The number of carbonyl (C=O) groups is 1. The summed E-state index contributed by atoms with van der Waals surface area (Å²) in [4.78, 5) is 28.8. The second kappa shape index (κ2) is 10.7. The summed E-state index contributed by atoms with van der Waals surface area (Å²) in [5.41, 5.74) is 7.10. The van der Waals surface area contributed by atoms with Gasteiger partial charge in [-0.05, 0) is 63.3 Å². The zero-order valence-electron chi connectivity index (χ0n) is 20.0. The number of aryl methyl sites for hydroxylation is 1. The van der Waals surface area contributed by atoms with Crippen LogP contribution in [0.1, 0.15) is 27.9 Å². The predicted molar refractivity (Wildman–Crippen MR) is 130 cm³/mol. The number of benzene rings is 1. The quantitative estimate of drug-likeness (QED) is 0.494. The van der Waals surface area contributed by atoms with Crippen LogP contribution in [-0.2, 0) is 6.18 Å². The molecular weight excluding hydrogens is 459 g/mol. The van der Waals surface area contributed by atoms with Crippen LogP contribution < -0.4 is 16.0 Å². The van der Waals surface area contributed by atoms with E-state index in [4.69, 9.17) is 5.73 Å². The molecular formula is C24H28F3N7O. The van der Waals surface area contributed by atoms with E-state index in [1.807, 2.05) is 25.9 Å². The number of hydrogen-bond donors (Lipinski definition) is 2. The van der Waals surface area contributed by atoms with E-state index in [1.54, 1.807) is 42.5 Å². The van der Waals surface area contributed by atoms with Crippen LogP contribution in [0.4, 0.5) is 30.6 Å². The minimum atomic E-state index is -4.60. The molecule has 2 aromatic heterocycles. The Morgan fingerprint density at radius 2 is 1.71 bits per heavy atom. The summed E-state index contributed by atoms with van der Waals surface area (Å²) in [7, 11) is 5.61. The topological polar surface area (TPSA) is 100 Å². The highest BCUT2D eigenvalue weighted by molar-refractivity contribution is 6.06. The highest BCUT2D eigenvalue weighted by Crippen LogP contribution is 2.34. The highest BCUT2D eigenvalue weighted by Gasteiger charge is 2.32. The third kappa shape index (κ3) is 6.66. The number of rotatable bonds is 8. The van der Waals surface area contributed by atoms with Crippen molar-refractivity contribution in [2.24, 2.45) is 0 Å². The van der Waals surface area contributed by atoms with Crippen molar-refractivity contribution in [1.29, 1.82) is 0 Å². The van der Waals surface area contributed by atoms with Crippen LogP contribution in [0.15, 0.2) is 42.9 Å². The molecule has 0 aliphatic heterocycles. The number of aromatic nitrogens is 3. The molecule has 0 saturated carbocycles. The predicted octanol–water partition coefficient (Wildman–Crippen LogP) is 4.09. The van der Waals surface area contributed by atoms with E-state index < -0.39 is 17.6 Å². The number of alkyl halides is 3. The molecule has 0 aliphatic carbocycles. The summed E-state index contributed by atoms with van der Waals surface area (Å²) < 4.78 is 40.1. The van der Waals surface area contributed by atoms with E-state index in [0.717, 1.165) is 30.8 Å². The summed E-state index contributed by atoms with van der Waals surface area (Å²) in [5.74, 6) is -0.185. The Bertz CT molecular complexity index is 1180. The molecule has 186 valence electrons. The summed E-state index contributed by atoms with van der Waals surface area (Å²) >= 11 is 0. The Morgan fingerprint density at radius 1 is 1.03 bits per heavy atom. The lowest BCUT2D eigenvalue weighted by molar-refractivity contribution is -0.137. The average Bonchev–Trinajstić information content (AvgIpc) is 2.79. The fourth-order valence-electron chi connectivity index (χ4n) is 3.48. The van der Waals surface area contributed by atoms with Crippen molar-refractivity contribution in [1.82, 2.24) is 19.9 Å². The molecule has 0 unspecified atom stereocenters. The van der Waals surface area contributed by atoms with E-state index in [0.29, 0.717) is 17.7 Å². The fraction of sp³-hybridized carbons (Fsp3) is 0.333. The van der Waals surface area contributed by atoms with Crippen LogP contribution in [0.5, 0.6) is 0 Å². The molecule has 2 heterocycles. The molecule has 0 radical (unpaired) electrons. The van der Waals surface area contributed by atoms with Gasteiger partial charge < -0.3 is 20.9 Å². The molecule has 3 rings (SSSR count). The largest absolute Gasteiger partial charge is 0.417 e. The Balaban J connectivity index is 1.92. The number of nitrogens with zero attached hydrogens (tertiary/aromatic N) is 5. The van der Waals surface area contributed by atoms with Crippen molar-refractivity contribution in [2.75, 3.05) is 50.2 Å². The summed E-state index contributed by atoms with van der Waals surface area (Å²) in [6.45, 7) is 3.21. The van der Waals surface area contributed by atoms with Gasteiger partial charge in [0.15, 0.2) is 5.82 Å². The van der Waals surface area contributed by atoms with Crippen LogP contribution in [0.3, 0.4) is 0 Å². The van der Waals surface area contributed by atoms with Gasteiger partial charge in [0.05, 0.1) is 11.3 Å². The van der Waals surface area contributed by atoms with Gasteiger partial charge in [0.25, 0.3) is 5.91 Å². The molecule has 0 aliphatic rings. The van der Waals surface area contributed by atoms with E-state index in [1.165, 1.54) is 0 Å². The molecule has 0 bridgehead atoms. The molecule has 35 heavy (non-hydrogen) atoms. The fourth-order valence-corrected chi connectivity index (χ4v) is 3.48. The third-order valence-electron chi connectivity index (χ3n) is 5.39. The first-order chi connectivity index (χ1) is 16.5. The molecule has 0 fully saturated rings. The minimum Gasteiger partial charge on any atom is -0.368 e. The number of amides is 1. The number of anilines is 3. The molecule has 3 aromatic rings. The molecule has 0 spiro atoms. The maximum absolute atomic E-state index is 13.4. The zero-order valence-corrected chi connectivity index (χ0v) is 20.0. The first-order valence-electron chi connectivity index (χ1n) is 10.9. The SMILES string of the molecule is Cc1ccc(C(=O)Nc2cc(C(F)(F)F)cnc2N(C)CCCN(C)C)cc1-c1cnc(N)nc1. The normalized spacial score (nSPS) is 11.5. The first kappa shape index (κ1) is 25.9. The van der Waals surface area contributed by atoms with Gasteiger partial charge >= 0.3 is 6.18 Å². The number of halogens is 3. The molecule has 0 atom stereocenters. The van der Waals surface area contributed by atoms with Crippen molar-refractivity contribution in [2.45, 2.75) is 19.5 Å². The van der Waals surface area contributed by atoms with E-state index in [2.05, 4.69) is 20.3 Å². The first-order valence-corrected chi connectivity index (χ1v) is 10.9. The molecule has 3 N–H and O–H groups in total. The number of nitrogens with one attached hydrogen (secondary N) is 1. The number of hydrogen-bond acceptors (Lipinski definition) is 7. The Morgan fingerprint density at radius 3 is 2.34 bits per heavy atom. The standard InChI is InChI=1S/C24H28F3N7O/c1-15-6-7-16(10-19(15)17-12-30-23(28)31-13-17)22(35)32-20-11-18(24(25,26)27)14-29-21(20)34(4)9-5-8-33(2)3/h6-7,10-14H,5,8-9H2,1-4H3,(H,32,35)(H2,28,30,31). The minimum absolute atomic E-state index is 0.0184. The van der Waals surface area contributed by atoms with E-state index >= 15 is 0 Å². The van der Waals surface area contributed by atoms with Crippen LogP contribution >= 0.6 is 0 Å². The monoisotopic (exact) mass is 487 g/mol. The van der Waals surface area contributed by atoms with Crippen LogP contribution in [0.2, 0.25) is 0 Å². The average molecular weight is 488 g/mol. The molecule has 8 nitrogen and oxygen atoms in total. The maximum atomic E-state index is 13.4. The summed E-state index contributed by atoms with van der Waals surface area (Å²) in [6.07, 6.45) is 0.0392. The number of nitrogens with two attached hydrogens (primary N) is 1. The molecule has 1 amide bonds. The van der Waals surface area contributed by atoms with Gasteiger partial charge in [-0.3, -0.25) is 4.79 Å². The van der Waals surface area contributed by atoms with Crippen molar-refractivity contribution >= 4 is 23.4 Å². The Hall–Kier alpha value is -3.73. The Kier molecular flexibility index (Phi) is 7.90. The van der Waals surface area contributed by atoms with Gasteiger partial charge in [0.1, 0.15) is 0 Å². The lowest BCUT2D eigenvalue weighted by Gasteiger charge is -2.23. The van der Waals surface area contributed by atoms with Gasteiger partial charge in [0.2, 0.25) is 5.95 Å². The third-order valence-corrected chi connectivity index (χ3v) is 5.39. The second-order valence-electron chi connectivity index (χ2n) is 8.49. The van der Waals surface area contributed by atoms with Crippen molar-refractivity contribution in [3.8, 4) is 11.1 Å². The van der Waals surface area contributed by atoms with Gasteiger partial charge in [-0.15, -0.1) is 0 Å². The lowest BCUT2D eigenvalue weighted by atomic mass is 10.00. The van der Waals surface area contributed by atoms with Gasteiger partial charge in [-0.25, -0.2) is 15.0 Å². The van der Waals surface area contributed by atoms with E-state index in [9.17, 15) is 18.0 Å². The molecule has 11 heteroatoms. The lowest BCUT2D eigenvalue weighted by Crippen LogP contribution is -2.26. The highest BCUT2D eigenvalue weighted by atomic mass is 19.4. The second-order valence-corrected chi connectivity index (χ2v) is 8.49. The van der Waals surface area contributed by atoms with Crippen molar-refractivity contribution in [3.05, 3.63) is 59.5 Å². The van der Waals surface area contributed by atoms with E-state index in [-0.39, 0.29) is 23.0 Å². The van der Waals surface area contributed by atoms with Crippen LogP contribution in [0.25, 0.3) is 11.1 Å².